The van der Waals surface area contributed by atoms with Gasteiger partial charge in [-0.25, -0.2) is 30.2 Å². The fourth-order valence-corrected chi connectivity index (χ4v) is 9.42. The Balaban J connectivity index is 0.000000472. The minimum absolute atomic E-state index is 0.00241. The van der Waals surface area contributed by atoms with Crippen LogP contribution in [-0.4, -0.2) is 103 Å². The van der Waals surface area contributed by atoms with E-state index in [1.54, 1.807) is 55.5 Å². The molecule has 0 spiro atoms. The van der Waals surface area contributed by atoms with Gasteiger partial charge in [-0.15, -0.1) is 14.0 Å². The van der Waals surface area contributed by atoms with Gasteiger partial charge in [0.05, 0.1) is 47.3 Å². The summed E-state index contributed by atoms with van der Waals surface area (Å²) in [7, 11) is -25.9. The Bertz CT molecular complexity index is 3430. The second-order valence-corrected chi connectivity index (χ2v) is 25.2. The van der Waals surface area contributed by atoms with Gasteiger partial charge in [-0.1, -0.05) is 53.1 Å². The SMILES string of the molecule is Cc1cc(C(=O)O)cc(C(=O)O)c1.Cc1cc(P(=O)(O)OO)cc(P(=O)(O)OO)c1.Cc1cc(S(=O)(=O)O)cc(S(=O)(=O)O)c1.Cc1ccc(C(=O)O)cc1.Cc1ccc(P(=O)(O)OO)cc1.Cc1ccc(S(=O)(=O)O)cc1. The minimum atomic E-state index is -4.48. The van der Waals surface area contributed by atoms with Gasteiger partial charge in [-0.2, -0.15) is 25.3 Å². The van der Waals surface area contributed by atoms with Crippen LogP contribution in [0.15, 0.2) is 142 Å². The first kappa shape index (κ1) is 69.8. The van der Waals surface area contributed by atoms with E-state index in [-0.39, 0.29) is 26.9 Å². The summed E-state index contributed by atoms with van der Waals surface area (Å²) in [5.74, 6) is -3.11. The Hall–Kier alpha value is -6.21. The van der Waals surface area contributed by atoms with Crippen LogP contribution in [0.5, 0.6) is 0 Å². The molecule has 27 nitrogen and oxygen atoms in total. The maximum absolute atomic E-state index is 11.3. The molecule has 0 saturated carbocycles. The van der Waals surface area contributed by atoms with Crippen molar-refractivity contribution in [2.24, 2.45) is 0 Å². The lowest BCUT2D eigenvalue weighted by molar-refractivity contribution is -0.143. The van der Waals surface area contributed by atoms with Crippen molar-refractivity contribution >= 4 is 87.0 Å². The molecule has 0 radical (unpaired) electrons. The second-order valence-electron chi connectivity index (χ2n) is 15.8. The lowest BCUT2D eigenvalue weighted by Crippen LogP contribution is -2.16. The lowest BCUT2D eigenvalue weighted by Gasteiger charge is -2.12. The number of hydrogen-bond acceptors (Lipinski definition) is 18. The number of aromatic carboxylic acids is 3. The van der Waals surface area contributed by atoms with Gasteiger partial charge in [-0.05, 0) is 149 Å². The second kappa shape index (κ2) is 29.7. The van der Waals surface area contributed by atoms with Gasteiger partial charge in [0.2, 0.25) is 0 Å². The average Bonchev–Trinajstić information content (AvgIpc) is 3.34. The van der Waals surface area contributed by atoms with E-state index >= 15 is 0 Å². The largest absolute Gasteiger partial charge is 0.478 e. The summed E-state index contributed by atoms with van der Waals surface area (Å²) in [5, 5.41) is 49.6. The first-order chi connectivity index (χ1) is 35.6. The molecule has 0 saturated heterocycles. The van der Waals surface area contributed by atoms with Gasteiger partial charge < -0.3 is 30.0 Å². The highest BCUT2D eigenvalue weighted by atomic mass is 32.2. The van der Waals surface area contributed by atoms with E-state index in [4.69, 9.17) is 49.6 Å². The molecule has 6 rings (SSSR count). The van der Waals surface area contributed by atoms with Crippen molar-refractivity contribution in [1.29, 1.82) is 0 Å². The average molecular weight is 1210 g/mol. The Morgan fingerprint density at radius 1 is 0.346 bits per heavy atom. The van der Waals surface area contributed by atoms with Crippen molar-refractivity contribution in [3.63, 3.8) is 0 Å². The monoisotopic (exact) mass is 1210 g/mol. The number of benzene rings is 6. The predicted octanol–water partition coefficient (Wildman–Crippen LogP) is 6.71. The van der Waals surface area contributed by atoms with Crippen LogP contribution in [-0.2, 0) is 58.1 Å². The molecule has 426 valence electrons. The van der Waals surface area contributed by atoms with Crippen LogP contribution >= 0.6 is 22.8 Å². The molecule has 3 unspecified atom stereocenters. The standard InChI is InChI=1S/C9H8O4.C8H8O2.C7H10O8P2.C7H8O6S2.C7H9O4P.C7H8O3S/c1-5-2-6(8(10)11)4-7(3-5)9(12)13;1-6-2-4-7(5-3-6)8(9)10;1-5-2-6(16(10,11)14-8)4-7(3-5)17(12,13)15-9;1-5-2-6(14(8,9)10)4-7(3-5)15(11,12)13;1-6-2-4-7(5-3-6)12(9,10)11-8;1-6-2-4-7(5-3-6)11(8,9)10/h2-4H,1H3,(H,10,11)(H,12,13);2-5H,1H3,(H,9,10);2-4,8-9H,1H3,(H,10,11)(H,12,13);2-4H,1H3,(H,8,9,10)(H,11,12,13);2-5,8H,1H3,(H,9,10);2-5H,1H3,(H,8,9,10). The molecule has 78 heavy (non-hydrogen) atoms. The number of carbonyl (C=O) groups is 3. The Morgan fingerprint density at radius 3 is 0.936 bits per heavy atom. The molecule has 0 heterocycles. The van der Waals surface area contributed by atoms with Gasteiger partial charge in [0.25, 0.3) is 30.4 Å². The van der Waals surface area contributed by atoms with E-state index in [9.17, 15) is 63.1 Å². The summed E-state index contributed by atoms with van der Waals surface area (Å²) in [6, 6.07) is 29.0. The normalized spacial score (nSPS) is 13.3. The maximum Gasteiger partial charge on any atom is 0.385 e. The van der Waals surface area contributed by atoms with Crippen molar-refractivity contribution < 1.29 is 127 Å². The molecule has 6 aromatic rings. The molecule has 0 aliphatic carbocycles. The van der Waals surface area contributed by atoms with Crippen LogP contribution < -0.4 is 15.9 Å². The van der Waals surface area contributed by atoms with E-state index in [0.717, 1.165) is 41.0 Å². The van der Waals surface area contributed by atoms with E-state index < -0.39 is 91.4 Å². The number of rotatable bonds is 12. The maximum atomic E-state index is 11.3. The van der Waals surface area contributed by atoms with Crippen molar-refractivity contribution in [2.45, 2.75) is 56.2 Å². The van der Waals surface area contributed by atoms with Crippen molar-refractivity contribution in [3.8, 4) is 0 Å². The van der Waals surface area contributed by atoms with Crippen molar-refractivity contribution in [2.75, 3.05) is 0 Å². The van der Waals surface area contributed by atoms with Crippen LogP contribution in [0.3, 0.4) is 0 Å². The summed E-state index contributed by atoms with van der Waals surface area (Å²) < 4.78 is 134. The quantitative estimate of drug-likeness (QED) is 0.0262. The molecule has 0 aliphatic heterocycles. The molecule has 0 amide bonds. The molecule has 33 heteroatoms. The third kappa shape index (κ3) is 24.2. The first-order valence-corrected chi connectivity index (χ1v) is 29.8. The number of carboxylic acids is 3. The van der Waals surface area contributed by atoms with Gasteiger partial charge in [0, 0.05) is 0 Å². The molecule has 0 aromatic heterocycles. The molecule has 12 N–H and O–H groups in total. The topological polar surface area (TPSA) is 475 Å². The third-order valence-electron chi connectivity index (χ3n) is 9.20. The highest BCUT2D eigenvalue weighted by Gasteiger charge is 2.29. The highest BCUT2D eigenvalue weighted by Crippen LogP contribution is 2.43. The van der Waals surface area contributed by atoms with Crippen LogP contribution in [0.4, 0.5) is 0 Å². The Morgan fingerprint density at radius 2 is 0.628 bits per heavy atom. The number of aryl methyl sites for hydroxylation is 6. The summed E-state index contributed by atoms with van der Waals surface area (Å²) in [5.41, 5.74) is 4.59. The molecule has 0 bridgehead atoms. The third-order valence-corrected chi connectivity index (χ3v) is 15.2. The van der Waals surface area contributed by atoms with Crippen LogP contribution in [0.25, 0.3) is 0 Å². The Kier molecular flexibility index (Phi) is 26.6. The van der Waals surface area contributed by atoms with E-state index in [1.165, 1.54) is 62.4 Å². The molecule has 3 atom stereocenters. The summed E-state index contributed by atoms with van der Waals surface area (Å²) in [4.78, 5) is 57.5. The smallest absolute Gasteiger partial charge is 0.385 e. The molecule has 6 aromatic carbocycles. The fourth-order valence-electron chi connectivity index (χ4n) is 5.39. The minimum Gasteiger partial charge on any atom is -0.478 e. The number of carboxylic acid groups (broad SMARTS) is 3. The van der Waals surface area contributed by atoms with E-state index in [0.29, 0.717) is 22.8 Å². The zero-order valence-electron chi connectivity index (χ0n) is 41.2. The van der Waals surface area contributed by atoms with Crippen molar-refractivity contribution in [1.82, 2.24) is 0 Å². The lowest BCUT2D eigenvalue weighted by atomic mass is 10.1. The predicted molar refractivity (Wildman–Crippen MR) is 277 cm³/mol. The zero-order valence-corrected chi connectivity index (χ0v) is 46.3. The van der Waals surface area contributed by atoms with Crippen LogP contribution in [0.2, 0.25) is 0 Å². The van der Waals surface area contributed by atoms with E-state index in [1.807, 2.05) is 20.8 Å². The van der Waals surface area contributed by atoms with Gasteiger partial charge in [-0.3, -0.25) is 27.4 Å². The van der Waals surface area contributed by atoms with E-state index in [2.05, 4.69) is 14.0 Å². The molecule has 0 aliphatic rings. The summed E-state index contributed by atoms with van der Waals surface area (Å²) >= 11 is 0. The van der Waals surface area contributed by atoms with Crippen molar-refractivity contribution in [3.05, 3.63) is 177 Å². The molecule has 0 fully saturated rings. The number of hydrogen-bond donors (Lipinski definition) is 12. The van der Waals surface area contributed by atoms with Gasteiger partial charge in [0.15, 0.2) is 0 Å². The molecular weight excluding hydrogens is 1160 g/mol. The Labute approximate surface area is 445 Å². The fraction of sp³-hybridized carbons (Fsp3) is 0.133. The summed E-state index contributed by atoms with van der Waals surface area (Å²) in [6.07, 6.45) is 0. The van der Waals surface area contributed by atoms with Gasteiger partial charge >= 0.3 is 40.7 Å². The van der Waals surface area contributed by atoms with Crippen LogP contribution in [0, 0.1) is 41.5 Å². The summed E-state index contributed by atoms with van der Waals surface area (Å²) in [6.45, 7) is 10.2. The zero-order chi connectivity index (χ0) is 60.4. The van der Waals surface area contributed by atoms with Gasteiger partial charge in [0.1, 0.15) is 0 Å². The highest BCUT2D eigenvalue weighted by molar-refractivity contribution is 7.86. The van der Waals surface area contributed by atoms with Crippen LogP contribution in [0.1, 0.15) is 64.5 Å². The molecular formula is C45H51O27P3S3. The first-order valence-electron chi connectivity index (χ1n) is 20.8.